The molecule has 4 nitrogen and oxygen atoms in total. The molecule has 2 amide bonds. The lowest BCUT2D eigenvalue weighted by atomic mass is 9.92. The Bertz CT molecular complexity index is 558. The van der Waals surface area contributed by atoms with Gasteiger partial charge >= 0.3 is 0 Å². The average Bonchev–Trinajstić information content (AvgIpc) is 2.35. The van der Waals surface area contributed by atoms with Gasteiger partial charge in [-0.25, -0.2) is 0 Å². The zero-order valence-electron chi connectivity index (χ0n) is 13.3. The van der Waals surface area contributed by atoms with Crippen molar-refractivity contribution < 1.29 is 9.59 Å². The van der Waals surface area contributed by atoms with Crippen molar-refractivity contribution in [2.75, 3.05) is 11.9 Å². The zero-order valence-corrected chi connectivity index (χ0v) is 13.3. The monoisotopic (exact) mass is 288 g/mol. The maximum atomic E-state index is 12.0. The van der Waals surface area contributed by atoms with E-state index in [0.717, 1.165) is 24.2 Å². The Morgan fingerprint density at radius 1 is 1.24 bits per heavy atom. The van der Waals surface area contributed by atoms with Crippen LogP contribution in [0.3, 0.4) is 0 Å². The largest absolute Gasteiger partial charge is 0.338 e. The van der Waals surface area contributed by atoms with Gasteiger partial charge in [0.1, 0.15) is 0 Å². The fourth-order valence-electron chi connectivity index (χ4n) is 2.59. The number of hydrogen-bond acceptors (Lipinski definition) is 2. The summed E-state index contributed by atoms with van der Waals surface area (Å²) < 4.78 is 0. The van der Waals surface area contributed by atoms with Crippen LogP contribution in [0.5, 0.6) is 0 Å². The summed E-state index contributed by atoms with van der Waals surface area (Å²) in [5, 5.41) is 2.95. The molecule has 0 bridgehead atoms. The van der Waals surface area contributed by atoms with E-state index in [1.54, 1.807) is 6.92 Å². The molecule has 2 rings (SSSR count). The van der Waals surface area contributed by atoms with Crippen LogP contribution >= 0.6 is 0 Å². The van der Waals surface area contributed by atoms with E-state index in [9.17, 15) is 9.59 Å². The lowest BCUT2D eigenvalue weighted by Gasteiger charge is -2.28. The molecule has 0 aliphatic carbocycles. The quantitative estimate of drug-likeness (QED) is 0.909. The summed E-state index contributed by atoms with van der Waals surface area (Å²) in [6.07, 6.45) is 1.37. The van der Waals surface area contributed by atoms with Crippen molar-refractivity contribution in [1.29, 1.82) is 0 Å². The van der Waals surface area contributed by atoms with Crippen LogP contribution in [0.2, 0.25) is 0 Å². The summed E-state index contributed by atoms with van der Waals surface area (Å²) in [6.45, 7) is 9.14. The first-order valence-electron chi connectivity index (χ1n) is 7.42. The van der Waals surface area contributed by atoms with Crippen molar-refractivity contribution in [3.63, 3.8) is 0 Å². The highest BCUT2D eigenvalue weighted by Crippen LogP contribution is 2.24. The van der Waals surface area contributed by atoms with Crippen LogP contribution in [0, 0.1) is 5.41 Å². The minimum absolute atomic E-state index is 0.0241. The van der Waals surface area contributed by atoms with Gasteiger partial charge in [0.25, 0.3) is 0 Å². The number of carbonyl (C=O) groups is 2. The highest BCUT2D eigenvalue weighted by atomic mass is 16.2. The number of rotatable bonds is 2. The van der Waals surface area contributed by atoms with E-state index in [0.29, 0.717) is 13.0 Å². The van der Waals surface area contributed by atoms with E-state index >= 15 is 0 Å². The number of anilines is 1. The second kappa shape index (κ2) is 5.88. The topological polar surface area (TPSA) is 49.4 Å². The second-order valence-corrected chi connectivity index (χ2v) is 6.96. The van der Waals surface area contributed by atoms with Crippen LogP contribution in [-0.2, 0) is 22.6 Å². The first-order valence-corrected chi connectivity index (χ1v) is 7.42. The summed E-state index contributed by atoms with van der Waals surface area (Å²) in [6, 6.07) is 5.99. The van der Waals surface area contributed by atoms with Crippen molar-refractivity contribution in [3.8, 4) is 0 Å². The molecule has 1 aliphatic rings. The Labute approximate surface area is 126 Å². The number of carbonyl (C=O) groups excluding carboxylic acids is 2. The fraction of sp³-hybridized carbons (Fsp3) is 0.529. The van der Waals surface area contributed by atoms with Crippen LogP contribution in [0.25, 0.3) is 0 Å². The number of benzene rings is 1. The van der Waals surface area contributed by atoms with Gasteiger partial charge in [-0.1, -0.05) is 26.8 Å². The molecule has 0 atom stereocenters. The molecule has 1 N–H and O–H groups in total. The van der Waals surface area contributed by atoms with Crippen molar-refractivity contribution >= 4 is 17.5 Å². The van der Waals surface area contributed by atoms with Gasteiger partial charge in [0.05, 0.1) is 0 Å². The molecule has 0 aromatic heterocycles. The molecular formula is C17H24N2O2. The van der Waals surface area contributed by atoms with E-state index in [4.69, 9.17) is 0 Å². The SMILES string of the molecule is CC(=O)N1CCc2ccc(NC(=O)CC(C)(C)C)cc2C1. The van der Waals surface area contributed by atoms with E-state index < -0.39 is 0 Å². The third-order valence-corrected chi connectivity index (χ3v) is 3.64. The van der Waals surface area contributed by atoms with Gasteiger partial charge in [-0.2, -0.15) is 0 Å². The highest BCUT2D eigenvalue weighted by Gasteiger charge is 2.19. The summed E-state index contributed by atoms with van der Waals surface area (Å²) in [5.41, 5.74) is 3.18. The van der Waals surface area contributed by atoms with Gasteiger partial charge < -0.3 is 10.2 Å². The lowest BCUT2D eigenvalue weighted by Crippen LogP contribution is -2.34. The Morgan fingerprint density at radius 2 is 1.95 bits per heavy atom. The van der Waals surface area contributed by atoms with Crippen LogP contribution in [0.4, 0.5) is 5.69 Å². The average molecular weight is 288 g/mol. The molecule has 114 valence electrons. The summed E-state index contributed by atoms with van der Waals surface area (Å²) in [5.74, 6) is 0.129. The lowest BCUT2D eigenvalue weighted by molar-refractivity contribution is -0.129. The van der Waals surface area contributed by atoms with Crippen LogP contribution in [0.15, 0.2) is 18.2 Å². The maximum Gasteiger partial charge on any atom is 0.224 e. The summed E-state index contributed by atoms with van der Waals surface area (Å²) >= 11 is 0. The van der Waals surface area contributed by atoms with Gasteiger partial charge in [-0.15, -0.1) is 0 Å². The van der Waals surface area contributed by atoms with Crippen LogP contribution in [-0.4, -0.2) is 23.3 Å². The molecule has 0 unspecified atom stereocenters. The van der Waals surface area contributed by atoms with Gasteiger partial charge in [0, 0.05) is 32.1 Å². The van der Waals surface area contributed by atoms with Crippen LogP contribution < -0.4 is 5.32 Å². The third kappa shape index (κ3) is 4.31. The zero-order chi connectivity index (χ0) is 15.6. The molecule has 1 aliphatic heterocycles. The summed E-state index contributed by atoms with van der Waals surface area (Å²) in [4.78, 5) is 25.3. The highest BCUT2D eigenvalue weighted by molar-refractivity contribution is 5.91. The van der Waals surface area contributed by atoms with Crippen molar-refractivity contribution in [1.82, 2.24) is 4.90 Å². The van der Waals surface area contributed by atoms with E-state index in [1.165, 1.54) is 5.56 Å². The Morgan fingerprint density at radius 3 is 2.57 bits per heavy atom. The smallest absolute Gasteiger partial charge is 0.224 e. The number of amides is 2. The van der Waals surface area contributed by atoms with E-state index in [-0.39, 0.29) is 17.2 Å². The molecule has 21 heavy (non-hydrogen) atoms. The fourth-order valence-corrected chi connectivity index (χ4v) is 2.59. The Kier molecular flexibility index (Phi) is 4.35. The molecule has 0 radical (unpaired) electrons. The predicted molar refractivity (Wildman–Crippen MR) is 83.9 cm³/mol. The normalized spacial score (nSPS) is 14.6. The molecule has 4 heteroatoms. The second-order valence-electron chi connectivity index (χ2n) is 6.96. The molecular weight excluding hydrogens is 264 g/mol. The molecule has 1 aromatic carbocycles. The predicted octanol–water partition coefficient (Wildman–Crippen LogP) is 2.97. The maximum absolute atomic E-state index is 12.0. The van der Waals surface area contributed by atoms with E-state index in [2.05, 4.69) is 11.4 Å². The third-order valence-electron chi connectivity index (χ3n) is 3.64. The number of nitrogens with one attached hydrogen (secondary N) is 1. The van der Waals surface area contributed by atoms with Gasteiger partial charge in [-0.05, 0) is 35.1 Å². The minimum Gasteiger partial charge on any atom is -0.338 e. The standard InChI is InChI=1S/C17H24N2O2/c1-12(20)19-8-7-13-5-6-15(9-14(13)11-19)18-16(21)10-17(2,3)4/h5-6,9H,7-8,10-11H2,1-4H3,(H,18,21). The summed E-state index contributed by atoms with van der Waals surface area (Å²) in [7, 11) is 0. The molecule has 0 spiro atoms. The van der Waals surface area contributed by atoms with Gasteiger partial charge in [0.2, 0.25) is 11.8 Å². The van der Waals surface area contributed by atoms with Gasteiger partial charge in [0.15, 0.2) is 0 Å². The molecule has 0 fully saturated rings. The van der Waals surface area contributed by atoms with Crippen molar-refractivity contribution in [2.24, 2.45) is 5.41 Å². The molecule has 0 saturated carbocycles. The Balaban J connectivity index is 2.09. The Hall–Kier alpha value is -1.84. The molecule has 0 saturated heterocycles. The molecule has 1 aromatic rings. The van der Waals surface area contributed by atoms with Crippen molar-refractivity contribution in [2.45, 2.75) is 47.1 Å². The number of fused-ring (bicyclic) bond motifs is 1. The number of hydrogen-bond donors (Lipinski definition) is 1. The van der Waals surface area contributed by atoms with Crippen molar-refractivity contribution in [3.05, 3.63) is 29.3 Å². The van der Waals surface area contributed by atoms with Crippen LogP contribution in [0.1, 0.15) is 45.2 Å². The number of nitrogens with zero attached hydrogens (tertiary/aromatic N) is 1. The molecule has 1 heterocycles. The minimum atomic E-state index is -0.0241. The first kappa shape index (κ1) is 15.5. The van der Waals surface area contributed by atoms with Gasteiger partial charge in [-0.3, -0.25) is 9.59 Å². The van der Waals surface area contributed by atoms with E-state index in [1.807, 2.05) is 37.8 Å². The first-order chi connectivity index (χ1) is 9.74.